The number of carbonyl (C=O) groups excluding carboxylic acids is 1. The van der Waals surface area contributed by atoms with Crippen molar-refractivity contribution in [2.45, 2.75) is 6.54 Å². The number of hydrogen-bond donors (Lipinski definition) is 0. The van der Waals surface area contributed by atoms with Gasteiger partial charge in [-0.2, -0.15) is 0 Å². The van der Waals surface area contributed by atoms with E-state index in [0.717, 1.165) is 6.29 Å². The molecule has 5 aromatic rings. The molecule has 5 nitrogen and oxygen atoms in total. The molecule has 0 bridgehead atoms. The Morgan fingerprint density at radius 1 is 1.09 bits per heavy atom. The Morgan fingerprint density at radius 3 is 2.61 bits per heavy atom. The van der Waals surface area contributed by atoms with E-state index in [4.69, 9.17) is 17.0 Å². The summed E-state index contributed by atoms with van der Waals surface area (Å²) < 4.78 is 24.2. The average molecular weight is 477 g/mol. The van der Waals surface area contributed by atoms with Gasteiger partial charge in [0.1, 0.15) is 23.5 Å². The molecule has 5 rings (SSSR count). The third-order valence-corrected chi connectivity index (χ3v) is 6.95. The maximum absolute atomic E-state index is 14.8. The Hall–Kier alpha value is -3.62. The predicted molar refractivity (Wildman–Crippen MR) is 131 cm³/mol. The van der Waals surface area contributed by atoms with Gasteiger partial charge in [0, 0.05) is 16.7 Å². The SMILES string of the molecule is COc1ccc(C=O)cc1Cn1c(=O)c2ccccc2n2c(=S)sc(-c3ccccc3F)c12. The zero-order valence-corrected chi connectivity index (χ0v) is 19.1. The highest BCUT2D eigenvalue weighted by Crippen LogP contribution is 2.35. The highest BCUT2D eigenvalue weighted by molar-refractivity contribution is 7.73. The first-order chi connectivity index (χ1) is 16.0. The first kappa shape index (κ1) is 21.2. The third kappa shape index (κ3) is 3.48. The summed E-state index contributed by atoms with van der Waals surface area (Å²) in [5, 5.41) is 0.490. The molecule has 0 saturated heterocycles. The highest BCUT2D eigenvalue weighted by atomic mass is 32.1. The van der Waals surface area contributed by atoms with Crippen LogP contribution < -0.4 is 10.3 Å². The summed E-state index contributed by atoms with van der Waals surface area (Å²) in [6, 6.07) is 18.7. The molecule has 0 spiro atoms. The van der Waals surface area contributed by atoms with Crippen molar-refractivity contribution in [1.29, 1.82) is 0 Å². The molecule has 0 amide bonds. The number of aromatic nitrogens is 2. The van der Waals surface area contributed by atoms with Crippen LogP contribution in [0.2, 0.25) is 0 Å². The average Bonchev–Trinajstić information content (AvgIpc) is 3.18. The molecule has 0 atom stereocenters. The topological polar surface area (TPSA) is 52.7 Å². The molecular formula is C25H17FN2O3S2. The van der Waals surface area contributed by atoms with Crippen molar-refractivity contribution in [2.24, 2.45) is 0 Å². The number of fused-ring (bicyclic) bond motifs is 3. The maximum Gasteiger partial charge on any atom is 0.261 e. The van der Waals surface area contributed by atoms with E-state index < -0.39 is 5.82 Å². The van der Waals surface area contributed by atoms with E-state index in [1.165, 1.54) is 24.5 Å². The van der Waals surface area contributed by atoms with Crippen molar-refractivity contribution < 1.29 is 13.9 Å². The van der Waals surface area contributed by atoms with Crippen LogP contribution in [0.3, 0.4) is 0 Å². The van der Waals surface area contributed by atoms with Crippen molar-refractivity contribution >= 4 is 46.4 Å². The van der Waals surface area contributed by atoms with Gasteiger partial charge in [0.2, 0.25) is 0 Å². The number of aldehydes is 1. The Labute approximate surface area is 196 Å². The predicted octanol–water partition coefficient (Wildman–Crippen LogP) is 5.72. The largest absolute Gasteiger partial charge is 0.496 e. The molecule has 0 radical (unpaired) electrons. The van der Waals surface area contributed by atoms with E-state index >= 15 is 0 Å². The Bertz CT molecular complexity index is 1670. The molecule has 0 N–H and O–H groups in total. The second kappa shape index (κ2) is 8.38. The van der Waals surface area contributed by atoms with Crippen LogP contribution in [0.25, 0.3) is 27.0 Å². The monoisotopic (exact) mass is 476 g/mol. The normalized spacial score (nSPS) is 11.2. The quantitative estimate of drug-likeness (QED) is 0.240. The van der Waals surface area contributed by atoms with Gasteiger partial charge in [-0.15, -0.1) is 11.3 Å². The molecule has 2 heterocycles. The molecule has 0 unspecified atom stereocenters. The van der Waals surface area contributed by atoms with Crippen molar-refractivity contribution in [2.75, 3.05) is 7.11 Å². The lowest BCUT2D eigenvalue weighted by molar-refractivity contribution is 0.112. The van der Waals surface area contributed by atoms with Gasteiger partial charge in [-0.1, -0.05) is 30.3 Å². The van der Waals surface area contributed by atoms with Gasteiger partial charge in [-0.3, -0.25) is 18.6 Å². The van der Waals surface area contributed by atoms with Gasteiger partial charge in [0.05, 0.1) is 29.4 Å². The summed E-state index contributed by atoms with van der Waals surface area (Å²) in [5.41, 5.74) is 2.40. The molecule has 0 aliphatic rings. The summed E-state index contributed by atoms with van der Waals surface area (Å²) in [4.78, 5) is 25.6. The molecule has 33 heavy (non-hydrogen) atoms. The van der Waals surface area contributed by atoms with Gasteiger partial charge in [-0.05, 0) is 48.6 Å². The van der Waals surface area contributed by atoms with Gasteiger partial charge >= 0.3 is 0 Å². The summed E-state index contributed by atoms with van der Waals surface area (Å²) in [5.74, 6) is 0.143. The van der Waals surface area contributed by atoms with Crippen LogP contribution >= 0.6 is 23.6 Å². The number of benzene rings is 3. The molecule has 2 aromatic heterocycles. The first-order valence-electron chi connectivity index (χ1n) is 10.1. The summed E-state index contributed by atoms with van der Waals surface area (Å²) in [7, 11) is 1.53. The molecule has 0 aliphatic carbocycles. The van der Waals surface area contributed by atoms with Crippen molar-refractivity contribution in [3.8, 4) is 16.2 Å². The van der Waals surface area contributed by atoms with E-state index in [1.54, 1.807) is 53.1 Å². The summed E-state index contributed by atoms with van der Waals surface area (Å²) in [6.45, 7) is 0.116. The lowest BCUT2D eigenvalue weighted by Crippen LogP contribution is -2.24. The molecule has 3 aromatic carbocycles. The van der Waals surface area contributed by atoms with E-state index in [0.29, 0.717) is 47.8 Å². The number of methoxy groups -OCH3 is 1. The molecule has 0 aliphatic heterocycles. The van der Waals surface area contributed by atoms with Crippen molar-refractivity contribution in [3.63, 3.8) is 0 Å². The fourth-order valence-corrected chi connectivity index (χ4v) is 5.50. The van der Waals surface area contributed by atoms with Gasteiger partial charge < -0.3 is 4.74 Å². The van der Waals surface area contributed by atoms with Crippen LogP contribution in [0.5, 0.6) is 5.75 Å². The standard InChI is InChI=1S/C25H17FN2O3S2/c1-31-21-11-10-15(14-29)12-16(21)13-27-23-22(17-6-2-4-8-19(17)26)33-25(32)28(23)20-9-5-3-7-18(20)24(27)30/h2-12,14H,13H2,1H3. The van der Waals surface area contributed by atoms with Gasteiger partial charge in [0.25, 0.3) is 5.56 Å². The zero-order chi connectivity index (χ0) is 23.1. The Kier molecular flexibility index (Phi) is 5.39. The van der Waals surface area contributed by atoms with E-state index in [1.807, 2.05) is 16.5 Å². The Morgan fingerprint density at radius 2 is 1.85 bits per heavy atom. The van der Waals surface area contributed by atoms with Gasteiger partial charge in [0.15, 0.2) is 3.95 Å². The van der Waals surface area contributed by atoms with Crippen LogP contribution in [0.4, 0.5) is 4.39 Å². The second-order valence-corrected chi connectivity index (χ2v) is 9.08. The number of ether oxygens (including phenoxy) is 1. The van der Waals surface area contributed by atoms with Crippen LogP contribution in [0.1, 0.15) is 15.9 Å². The smallest absolute Gasteiger partial charge is 0.261 e. The lowest BCUT2D eigenvalue weighted by Gasteiger charge is -2.15. The third-order valence-electron chi connectivity index (χ3n) is 5.55. The highest BCUT2D eigenvalue weighted by Gasteiger charge is 2.21. The summed E-state index contributed by atoms with van der Waals surface area (Å²) in [6.07, 6.45) is 0.743. The van der Waals surface area contributed by atoms with E-state index in [-0.39, 0.29) is 12.1 Å². The number of hydrogen-bond acceptors (Lipinski definition) is 5. The number of nitrogens with zero attached hydrogens (tertiary/aromatic N) is 2. The fraction of sp³-hybridized carbons (Fsp3) is 0.0800. The Balaban J connectivity index is 1.91. The van der Waals surface area contributed by atoms with E-state index in [2.05, 4.69) is 0 Å². The number of para-hydroxylation sites is 1. The van der Waals surface area contributed by atoms with E-state index in [9.17, 15) is 14.0 Å². The maximum atomic E-state index is 14.8. The zero-order valence-electron chi connectivity index (χ0n) is 17.4. The molecule has 164 valence electrons. The number of thiazole rings is 1. The van der Waals surface area contributed by atoms with Crippen molar-refractivity contribution in [1.82, 2.24) is 8.97 Å². The first-order valence-corrected chi connectivity index (χ1v) is 11.3. The molecule has 8 heteroatoms. The van der Waals surface area contributed by atoms with Crippen LogP contribution in [0, 0.1) is 9.77 Å². The minimum Gasteiger partial charge on any atom is -0.496 e. The van der Waals surface area contributed by atoms with Gasteiger partial charge in [-0.25, -0.2) is 4.39 Å². The van der Waals surface area contributed by atoms with Crippen LogP contribution in [-0.4, -0.2) is 22.4 Å². The fourth-order valence-electron chi connectivity index (χ4n) is 4.05. The summed E-state index contributed by atoms with van der Waals surface area (Å²) >= 11 is 6.93. The molecular weight excluding hydrogens is 459 g/mol. The van der Waals surface area contributed by atoms with Crippen molar-refractivity contribution in [3.05, 3.63) is 98.0 Å². The van der Waals surface area contributed by atoms with Crippen LogP contribution in [-0.2, 0) is 6.54 Å². The molecule has 0 saturated carbocycles. The number of halogens is 1. The minimum absolute atomic E-state index is 0.116. The van der Waals surface area contributed by atoms with Crippen LogP contribution in [0.15, 0.2) is 71.5 Å². The molecule has 0 fully saturated rings. The number of carbonyl (C=O) groups is 1. The minimum atomic E-state index is -0.399. The lowest BCUT2D eigenvalue weighted by atomic mass is 10.1. The number of rotatable bonds is 5. The second-order valence-electron chi connectivity index (χ2n) is 7.43.